The lowest BCUT2D eigenvalue weighted by atomic mass is 10.1. The Morgan fingerprint density at radius 1 is 1.06 bits per heavy atom. The van der Waals surface area contributed by atoms with E-state index in [-0.39, 0.29) is 49.3 Å². The summed E-state index contributed by atoms with van der Waals surface area (Å²) < 4.78 is 32.6. The van der Waals surface area contributed by atoms with Gasteiger partial charge in [0.05, 0.1) is 19.8 Å². The zero-order valence-corrected chi connectivity index (χ0v) is 28.6. The molecule has 0 aliphatic carbocycles. The zero-order valence-electron chi connectivity index (χ0n) is 27.7. The van der Waals surface area contributed by atoms with Crippen LogP contribution >= 0.6 is 8.53 Å². The van der Waals surface area contributed by atoms with Gasteiger partial charge < -0.3 is 29.0 Å². The number of rotatable bonds is 13. The molecule has 5 aromatic rings. The second-order valence-corrected chi connectivity index (χ2v) is 13.4. The highest BCUT2D eigenvalue weighted by molar-refractivity contribution is 7.45. The molecular weight excluding hydrogens is 631 g/mol. The summed E-state index contributed by atoms with van der Waals surface area (Å²) in [6.07, 6.45) is 0.0802. The molecule has 3 aromatic carbocycles. The number of aromatic nitrogens is 4. The Morgan fingerprint density at radius 3 is 2.58 bits per heavy atom. The Hall–Kier alpha value is -4.35. The van der Waals surface area contributed by atoms with E-state index in [0.29, 0.717) is 35.0 Å². The summed E-state index contributed by atoms with van der Waals surface area (Å²) in [5, 5.41) is 5.33. The van der Waals surface area contributed by atoms with Crippen molar-refractivity contribution in [3.05, 3.63) is 84.2 Å². The van der Waals surface area contributed by atoms with Crippen molar-refractivity contribution < 1.29 is 28.1 Å². The lowest BCUT2D eigenvalue weighted by molar-refractivity contribution is -0.148. The molecule has 0 spiro atoms. The number of anilines is 1. The summed E-state index contributed by atoms with van der Waals surface area (Å²) in [7, 11) is -0.293. The van der Waals surface area contributed by atoms with Gasteiger partial charge in [-0.05, 0) is 36.3 Å². The van der Waals surface area contributed by atoms with Crippen LogP contribution in [0.4, 0.5) is 5.95 Å². The van der Waals surface area contributed by atoms with E-state index >= 15 is 0 Å². The largest absolute Gasteiger partial charge is 0.479 e. The summed E-state index contributed by atoms with van der Waals surface area (Å²) in [5.41, 5.74) is 7.98. The molecule has 5 unspecified atom stereocenters. The number of carbonyl (C=O) groups is 1. The molecule has 0 amide bonds. The molecule has 1 aliphatic heterocycles. The van der Waals surface area contributed by atoms with Gasteiger partial charge in [-0.25, -0.2) is 10.1 Å². The van der Waals surface area contributed by atoms with Crippen LogP contribution in [-0.4, -0.2) is 51.4 Å². The first-order chi connectivity index (χ1) is 23.2. The second kappa shape index (κ2) is 14.8. The fourth-order valence-corrected chi connectivity index (χ4v) is 7.32. The third-order valence-corrected chi connectivity index (χ3v) is 9.54. The van der Waals surface area contributed by atoms with Gasteiger partial charge in [0, 0.05) is 11.3 Å². The van der Waals surface area contributed by atoms with Crippen LogP contribution < -0.4 is 20.1 Å². The number of methoxy groups -OCH3 is 1. The molecule has 13 heteroatoms. The van der Waals surface area contributed by atoms with E-state index in [9.17, 15) is 4.79 Å². The smallest absolute Gasteiger partial charge is 0.324 e. The van der Waals surface area contributed by atoms with Crippen LogP contribution in [-0.2, 0) is 25.4 Å². The standard InChI is InChI=1S/C35H41N6O6P/c1-21(2)29(34(42)44-19-24-12-7-6-8-13-24)40-48(47-28-17-11-15-25-14-9-10-16-27(25)28)45-20-26-18-22(3)33(46-26)41-23(4)37-30-31(41)38-35(36)39-32(30)43-5/h6-17,21-22,26,29,33,40H,18-20H2,1-5H3,(H2,36,38,39). The molecule has 252 valence electrons. The van der Waals surface area contributed by atoms with E-state index in [2.05, 4.69) is 27.0 Å². The van der Waals surface area contributed by atoms with Crippen molar-refractivity contribution in [3.8, 4) is 11.6 Å². The van der Waals surface area contributed by atoms with Crippen LogP contribution in [0.1, 0.15) is 44.8 Å². The van der Waals surface area contributed by atoms with E-state index < -0.39 is 14.6 Å². The molecule has 1 aliphatic rings. The molecule has 12 nitrogen and oxygen atoms in total. The summed E-state index contributed by atoms with van der Waals surface area (Å²) in [5.74, 6) is 1.39. The van der Waals surface area contributed by atoms with Crippen LogP contribution in [0.5, 0.6) is 11.6 Å². The SMILES string of the molecule is COc1nc(N)nc2c1nc(C)n2C1OC(COP(NC(C(=O)OCc2ccccc2)C(C)C)Oc2cccc3ccccc23)CC1C. The van der Waals surface area contributed by atoms with Crippen LogP contribution in [0.2, 0.25) is 0 Å². The minimum Gasteiger partial charge on any atom is -0.479 e. The molecule has 2 aromatic heterocycles. The third-order valence-electron chi connectivity index (χ3n) is 8.30. The topological polar surface area (TPSA) is 145 Å². The molecule has 6 rings (SSSR count). The van der Waals surface area contributed by atoms with Crippen LogP contribution in [0, 0.1) is 18.8 Å². The Morgan fingerprint density at radius 2 is 1.81 bits per heavy atom. The number of nitrogens with one attached hydrogen (secondary N) is 1. The van der Waals surface area contributed by atoms with Gasteiger partial charge in [-0.2, -0.15) is 9.97 Å². The molecule has 1 fully saturated rings. The first-order valence-corrected chi connectivity index (χ1v) is 17.2. The number of nitrogens with zero attached hydrogens (tertiary/aromatic N) is 4. The highest BCUT2D eigenvalue weighted by Gasteiger charge is 2.38. The Balaban J connectivity index is 1.21. The molecule has 3 N–H and O–H groups in total. The molecule has 3 heterocycles. The Labute approximate surface area is 280 Å². The summed E-state index contributed by atoms with van der Waals surface area (Å²) in [6.45, 7) is 8.32. The molecular formula is C35H41N6O6P. The maximum absolute atomic E-state index is 13.4. The average molecular weight is 673 g/mol. The van der Waals surface area contributed by atoms with Crippen LogP contribution in [0.15, 0.2) is 72.8 Å². The summed E-state index contributed by atoms with van der Waals surface area (Å²) >= 11 is 0. The van der Waals surface area contributed by atoms with Gasteiger partial charge in [0.25, 0.3) is 0 Å². The van der Waals surface area contributed by atoms with Gasteiger partial charge in [0.2, 0.25) is 11.8 Å². The van der Waals surface area contributed by atoms with E-state index in [0.717, 1.165) is 16.3 Å². The van der Waals surface area contributed by atoms with Crippen molar-refractivity contribution in [3.63, 3.8) is 0 Å². The lowest BCUT2D eigenvalue weighted by Gasteiger charge is -2.27. The highest BCUT2D eigenvalue weighted by atomic mass is 31.2. The maximum atomic E-state index is 13.4. The van der Waals surface area contributed by atoms with Gasteiger partial charge in [0.1, 0.15) is 30.5 Å². The first-order valence-electron chi connectivity index (χ1n) is 16.0. The number of imidazole rings is 1. The van der Waals surface area contributed by atoms with Crippen molar-refractivity contribution >= 4 is 42.4 Å². The number of aryl methyl sites for hydroxylation is 1. The van der Waals surface area contributed by atoms with E-state index in [4.69, 9.17) is 29.0 Å². The second-order valence-electron chi connectivity index (χ2n) is 12.2. The van der Waals surface area contributed by atoms with Gasteiger partial charge in [-0.1, -0.05) is 87.5 Å². The highest BCUT2D eigenvalue weighted by Crippen LogP contribution is 2.43. The molecule has 0 radical (unpaired) electrons. The zero-order chi connectivity index (χ0) is 33.8. The van der Waals surface area contributed by atoms with Crippen molar-refractivity contribution in [1.29, 1.82) is 0 Å². The van der Waals surface area contributed by atoms with Crippen molar-refractivity contribution in [2.24, 2.45) is 11.8 Å². The summed E-state index contributed by atoms with van der Waals surface area (Å²) in [4.78, 5) is 26.7. The number of esters is 1. The number of ether oxygens (including phenoxy) is 3. The quantitative estimate of drug-likeness (QED) is 0.105. The average Bonchev–Trinajstić information content (AvgIpc) is 3.61. The van der Waals surface area contributed by atoms with E-state index in [1.54, 1.807) is 0 Å². The number of carbonyl (C=O) groups excluding carboxylic acids is 1. The molecule has 1 saturated heterocycles. The van der Waals surface area contributed by atoms with Crippen molar-refractivity contribution in [1.82, 2.24) is 24.6 Å². The maximum Gasteiger partial charge on any atom is 0.324 e. The first kappa shape index (κ1) is 33.5. The predicted molar refractivity (Wildman–Crippen MR) is 184 cm³/mol. The number of hydrogen-bond donors (Lipinski definition) is 2. The number of nitrogen functional groups attached to an aromatic ring is 1. The Kier molecular flexibility index (Phi) is 10.4. The number of nitrogens with two attached hydrogens (primary N) is 1. The Bertz CT molecular complexity index is 1870. The summed E-state index contributed by atoms with van der Waals surface area (Å²) in [6, 6.07) is 22.8. The van der Waals surface area contributed by atoms with Gasteiger partial charge in [0.15, 0.2) is 11.2 Å². The van der Waals surface area contributed by atoms with E-state index in [1.165, 1.54) is 7.11 Å². The van der Waals surface area contributed by atoms with Gasteiger partial charge >= 0.3 is 14.5 Å². The molecule has 0 bridgehead atoms. The fourth-order valence-electron chi connectivity index (χ4n) is 5.87. The minimum atomic E-state index is -1.82. The van der Waals surface area contributed by atoms with Crippen LogP contribution in [0.3, 0.4) is 0 Å². The fraction of sp³-hybridized carbons (Fsp3) is 0.371. The number of benzene rings is 3. The normalized spacial score (nSPS) is 19.1. The lowest BCUT2D eigenvalue weighted by Crippen LogP contribution is -2.40. The number of hydrogen-bond acceptors (Lipinski definition) is 11. The molecule has 5 atom stereocenters. The number of fused-ring (bicyclic) bond motifs is 2. The minimum absolute atomic E-state index is 0.0929. The molecule has 0 saturated carbocycles. The molecule has 48 heavy (non-hydrogen) atoms. The van der Waals surface area contributed by atoms with E-state index in [1.807, 2.05) is 98.1 Å². The van der Waals surface area contributed by atoms with Crippen molar-refractivity contribution in [2.45, 2.75) is 59.1 Å². The van der Waals surface area contributed by atoms with Crippen LogP contribution in [0.25, 0.3) is 21.9 Å². The predicted octanol–water partition coefficient (Wildman–Crippen LogP) is 6.48. The third kappa shape index (κ3) is 7.37. The monoisotopic (exact) mass is 672 g/mol. The van der Waals surface area contributed by atoms with Crippen molar-refractivity contribution in [2.75, 3.05) is 19.5 Å². The van der Waals surface area contributed by atoms with Gasteiger partial charge in [-0.15, -0.1) is 0 Å². The van der Waals surface area contributed by atoms with Gasteiger partial charge in [-0.3, -0.25) is 9.36 Å².